The lowest BCUT2D eigenvalue weighted by Crippen LogP contribution is -2.49. The van der Waals surface area contributed by atoms with E-state index in [2.05, 4.69) is 19.3 Å². The molecule has 2 nitrogen and oxygen atoms in total. The van der Waals surface area contributed by atoms with Gasteiger partial charge in [-0.25, -0.2) is 0 Å². The van der Waals surface area contributed by atoms with E-state index in [1.807, 2.05) is 0 Å². The van der Waals surface area contributed by atoms with Crippen molar-refractivity contribution < 1.29 is 4.74 Å². The van der Waals surface area contributed by atoms with Gasteiger partial charge in [0, 0.05) is 12.6 Å². The average molecular weight is 281 g/mol. The smallest absolute Gasteiger partial charge is 0.0685 e. The van der Waals surface area contributed by atoms with E-state index in [9.17, 15) is 0 Å². The molecule has 0 radical (unpaired) electrons. The molecule has 0 aromatic carbocycles. The van der Waals surface area contributed by atoms with Gasteiger partial charge in [0.05, 0.1) is 5.60 Å². The molecule has 118 valence electrons. The van der Waals surface area contributed by atoms with Crippen LogP contribution in [-0.4, -0.2) is 25.3 Å². The largest absolute Gasteiger partial charge is 0.375 e. The molecule has 1 saturated heterocycles. The number of ether oxygens (including phenoxy) is 1. The molecule has 2 unspecified atom stereocenters. The van der Waals surface area contributed by atoms with E-state index in [0.29, 0.717) is 5.60 Å². The molecule has 1 saturated carbocycles. The normalized spacial score (nSPS) is 26.4. The van der Waals surface area contributed by atoms with Crippen molar-refractivity contribution in [1.29, 1.82) is 0 Å². The molecule has 1 spiro atoms. The van der Waals surface area contributed by atoms with E-state index in [4.69, 9.17) is 4.74 Å². The fourth-order valence-electron chi connectivity index (χ4n) is 4.09. The van der Waals surface area contributed by atoms with Crippen LogP contribution in [0.1, 0.15) is 84.0 Å². The Morgan fingerprint density at radius 2 is 1.90 bits per heavy atom. The van der Waals surface area contributed by atoms with Gasteiger partial charge in [0.15, 0.2) is 0 Å². The first kappa shape index (κ1) is 16.3. The highest BCUT2D eigenvalue weighted by atomic mass is 16.5. The van der Waals surface area contributed by atoms with Gasteiger partial charge in [-0.05, 0) is 51.5 Å². The molecular formula is C18H35NO. The summed E-state index contributed by atoms with van der Waals surface area (Å²) >= 11 is 0. The molecule has 2 atom stereocenters. The predicted molar refractivity (Wildman–Crippen MR) is 86.1 cm³/mol. The number of hydrogen-bond acceptors (Lipinski definition) is 2. The van der Waals surface area contributed by atoms with Crippen molar-refractivity contribution >= 4 is 0 Å². The highest BCUT2D eigenvalue weighted by molar-refractivity contribution is 4.96. The molecule has 0 aromatic heterocycles. The van der Waals surface area contributed by atoms with Crippen molar-refractivity contribution in [3.05, 3.63) is 0 Å². The Bertz CT molecular complexity index is 262. The van der Waals surface area contributed by atoms with Gasteiger partial charge in [-0.3, -0.25) is 0 Å². The summed E-state index contributed by atoms with van der Waals surface area (Å²) in [6.07, 6.45) is 16.4. The predicted octanol–water partition coefficient (Wildman–Crippen LogP) is 4.67. The summed E-state index contributed by atoms with van der Waals surface area (Å²) < 4.78 is 6.07. The van der Waals surface area contributed by atoms with Crippen LogP contribution in [0, 0.1) is 5.92 Å². The van der Waals surface area contributed by atoms with Crippen LogP contribution in [0.15, 0.2) is 0 Å². The van der Waals surface area contributed by atoms with Crippen LogP contribution in [0.2, 0.25) is 0 Å². The van der Waals surface area contributed by atoms with Crippen molar-refractivity contribution in [3.63, 3.8) is 0 Å². The van der Waals surface area contributed by atoms with Crippen LogP contribution < -0.4 is 5.32 Å². The van der Waals surface area contributed by atoms with Gasteiger partial charge in [-0.15, -0.1) is 0 Å². The third-order valence-electron chi connectivity index (χ3n) is 5.60. The van der Waals surface area contributed by atoms with Crippen LogP contribution in [0.3, 0.4) is 0 Å². The van der Waals surface area contributed by atoms with Crippen molar-refractivity contribution in [3.8, 4) is 0 Å². The van der Waals surface area contributed by atoms with Gasteiger partial charge in [0.25, 0.3) is 0 Å². The van der Waals surface area contributed by atoms with Crippen molar-refractivity contribution in [1.82, 2.24) is 5.32 Å². The maximum Gasteiger partial charge on any atom is 0.0685 e. The van der Waals surface area contributed by atoms with Crippen LogP contribution in [0.5, 0.6) is 0 Å². The SMILES string of the molecule is CCCCCCCCC(NC)C1CCOC2(CCC2)C1. The summed E-state index contributed by atoms with van der Waals surface area (Å²) in [5.74, 6) is 0.852. The molecule has 2 heteroatoms. The summed E-state index contributed by atoms with van der Waals surface area (Å²) in [6.45, 7) is 3.29. The minimum atomic E-state index is 0.305. The molecule has 1 aliphatic heterocycles. The van der Waals surface area contributed by atoms with Crippen LogP contribution in [0.25, 0.3) is 0 Å². The molecule has 1 heterocycles. The fraction of sp³-hybridized carbons (Fsp3) is 1.00. The van der Waals surface area contributed by atoms with Crippen molar-refractivity contribution in [2.24, 2.45) is 5.92 Å². The first-order valence-corrected chi connectivity index (χ1v) is 9.11. The molecule has 0 aromatic rings. The van der Waals surface area contributed by atoms with Crippen LogP contribution in [-0.2, 0) is 4.74 Å². The molecule has 1 aliphatic carbocycles. The third kappa shape index (κ3) is 4.46. The molecule has 2 fully saturated rings. The van der Waals surface area contributed by atoms with Gasteiger partial charge in [0.1, 0.15) is 0 Å². The standard InChI is InChI=1S/C18H35NO/c1-3-4-5-6-7-8-10-17(19-2)16-11-14-20-18(15-16)12-9-13-18/h16-17,19H,3-15H2,1-2H3. The second kappa shape index (κ2) is 8.38. The first-order valence-electron chi connectivity index (χ1n) is 9.11. The number of nitrogens with one attached hydrogen (secondary N) is 1. The topological polar surface area (TPSA) is 21.3 Å². The Balaban J connectivity index is 1.65. The average Bonchev–Trinajstić information content (AvgIpc) is 2.45. The van der Waals surface area contributed by atoms with Gasteiger partial charge in [-0.2, -0.15) is 0 Å². The maximum atomic E-state index is 6.07. The quantitative estimate of drug-likeness (QED) is 0.620. The summed E-state index contributed by atoms with van der Waals surface area (Å²) in [5, 5.41) is 3.60. The molecular weight excluding hydrogens is 246 g/mol. The van der Waals surface area contributed by atoms with Gasteiger partial charge in [0.2, 0.25) is 0 Å². The highest BCUT2D eigenvalue weighted by Crippen LogP contribution is 2.45. The molecule has 0 amide bonds. The van der Waals surface area contributed by atoms with E-state index >= 15 is 0 Å². The number of rotatable bonds is 9. The Hall–Kier alpha value is -0.0800. The van der Waals surface area contributed by atoms with E-state index in [-0.39, 0.29) is 0 Å². The van der Waals surface area contributed by atoms with E-state index in [0.717, 1.165) is 18.6 Å². The van der Waals surface area contributed by atoms with Crippen LogP contribution >= 0.6 is 0 Å². The van der Waals surface area contributed by atoms with Gasteiger partial charge in [-0.1, -0.05) is 45.4 Å². The van der Waals surface area contributed by atoms with Gasteiger partial charge < -0.3 is 10.1 Å². The summed E-state index contributed by atoms with van der Waals surface area (Å²) in [7, 11) is 2.16. The van der Waals surface area contributed by atoms with E-state index in [1.165, 1.54) is 77.0 Å². The monoisotopic (exact) mass is 281 g/mol. The summed E-state index contributed by atoms with van der Waals surface area (Å²) in [5.41, 5.74) is 0.305. The zero-order chi connectivity index (χ0) is 14.3. The third-order valence-corrected chi connectivity index (χ3v) is 5.60. The first-order chi connectivity index (χ1) is 9.79. The van der Waals surface area contributed by atoms with Crippen molar-refractivity contribution in [2.45, 2.75) is 95.6 Å². The van der Waals surface area contributed by atoms with E-state index < -0.39 is 0 Å². The minimum absolute atomic E-state index is 0.305. The second-order valence-electron chi connectivity index (χ2n) is 7.09. The minimum Gasteiger partial charge on any atom is -0.375 e. The zero-order valence-electron chi connectivity index (χ0n) is 13.8. The fourth-order valence-corrected chi connectivity index (χ4v) is 4.09. The Labute approximate surface area is 126 Å². The molecule has 1 N–H and O–H groups in total. The van der Waals surface area contributed by atoms with E-state index in [1.54, 1.807) is 0 Å². The zero-order valence-corrected chi connectivity index (χ0v) is 13.8. The molecule has 0 bridgehead atoms. The summed E-state index contributed by atoms with van der Waals surface area (Å²) in [4.78, 5) is 0. The maximum absolute atomic E-state index is 6.07. The molecule has 20 heavy (non-hydrogen) atoms. The number of unbranched alkanes of at least 4 members (excludes halogenated alkanes) is 5. The highest BCUT2D eigenvalue weighted by Gasteiger charge is 2.43. The van der Waals surface area contributed by atoms with Gasteiger partial charge >= 0.3 is 0 Å². The van der Waals surface area contributed by atoms with Crippen LogP contribution in [0.4, 0.5) is 0 Å². The second-order valence-corrected chi connectivity index (χ2v) is 7.09. The Morgan fingerprint density at radius 3 is 2.55 bits per heavy atom. The van der Waals surface area contributed by atoms with Crippen molar-refractivity contribution in [2.75, 3.05) is 13.7 Å². The molecule has 2 aliphatic rings. The lowest BCUT2D eigenvalue weighted by atomic mass is 9.70. The molecule has 2 rings (SSSR count). The lowest BCUT2D eigenvalue weighted by molar-refractivity contribution is -0.147. The Morgan fingerprint density at radius 1 is 1.15 bits per heavy atom. The lowest BCUT2D eigenvalue weighted by Gasteiger charge is -2.48. The summed E-state index contributed by atoms with van der Waals surface area (Å²) in [6, 6.07) is 0.725. The Kier molecular flexibility index (Phi) is 6.83. The number of hydrogen-bond donors (Lipinski definition) is 1.